The molecule has 0 saturated heterocycles. The minimum Gasteiger partial charge on any atom is -0.436 e. The van der Waals surface area contributed by atoms with Crippen LogP contribution in [-0.4, -0.2) is 10.9 Å². The number of benzene rings is 3. The van der Waals surface area contributed by atoms with Crippen molar-refractivity contribution in [2.75, 3.05) is 5.32 Å². The number of nitrogens with one attached hydrogen (secondary N) is 1. The number of alkyl halides is 3. The van der Waals surface area contributed by atoms with Crippen molar-refractivity contribution >= 4 is 34.3 Å². The zero-order chi connectivity index (χ0) is 22.3. The fourth-order valence-corrected chi connectivity index (χ4v) is 3.39. The lowest BCUT2D eigenvalue weighted by Crippen LogP contribution is -2.15. The SMILES string of the molecule is Cc1cc(-c2nc3cc(Cl)ccc3o2)ccc1NC(=O)c1ccc(C)c(C(F)(F)F)c1. The van der Waals surface area contributed by atoms with E-state index < -0.39 is 17.6 Å². The van der Waals surface area contributed by atoms with Gasteiger partial charge in [0.2, 0.25) is 5.89 Å². The summed E-state index contributed by atoms with van der Waals surface area (Å²) in [4.78, 5) is 17.0. The maximum Gasteiger partial charge on any atom is 0.416 e. The number of hydrogen-bond acceptors (Lipinski definition) is 3. The van der Waals surface area contributed by atoms with Crippen molar-refractivity contribution in [3.8, 4) is 11.5 Å². The number of nitrogens with zero attached hydrogens (tertiary/aromatic N) is 1. The monoisotopic (exact) mass is 444 g/mol. The molecule has 0 radical (unpaired) electrons. The van der Waals surface area contributed by atoms with Gasteiger partial charge in [-0.05, 0) is 73.5 Å². The molecule has 1 heterocycles. The van der Waals surface area contributed by atoms with E-state index in [1.165, 1.54) is 19.1 Å². The summed E-state index contributed by atoms with van der Waals surface area (Å²) < 4.78 is 45.1. The third kappa shape index (κ3) is 4.27. The maximum absolute atomic E-state index is 13.1. The number of fused-ring (bicyclic) bond motifs is 1. The molecule has 0 atom stereocenters. The molecule has 4 aromatic rings. The second-order valence-electron chi connectivity index (χ2n) is 7.14. The zero-order valence-electron chi connectivity index (χ0n) is 16.5. The minimum atomic E-state index is -4.53. The lowest BCUT2D eigenvalue weighted by molar-refractivity contribution is -0.138. The van der Waals surface area contributed by atoms with Gasteiger partial charge in [0.15, 0.2) is 5.58 Å². The van der Waals surface area contributed by atoms with E-state index in [1.807, 2.05) is 0 Å². The van der Waals surface area contributed by atoms with Gasteiger partial charge in [0, 0.05) is 21.8 Å². The number of hydrogen-bond donors (Lipinski definition) is 1. The van der Waals surface area contributed by atoms with E-state index in [0.29, 0.717) is 38.8 Å². The number of aromatic nitrogens is 1. The van der Waals surface area contributed by atoms with Crippen LogP contribution in [0.2, 0.25) is 5.02 Å². The summed E-state index contributed by atoms with van der Waals surface area (Å²) in [6.07, 6.45) is -4.53. The molecule has 0 aliphatic rings. The van der Waals surface area contributed by atoms with Gasteiger partial charge in [-0.25, -0.2) is 4.98 Å². The number of carbonyl (C=O) groups excluding carboxylic acids is 1. The van der Waals surface area contributed by atoms with Crippen LogP contribution < -0.4 is 5.32 Å². The molecule has 4 nitrogen and oxygen atoms in total. The van der Waals surface area contributed by atoms with E-state index >= 15 is 0 Å². The summed E-state index contributed by atoms with van der Waals surface area (Å²) in [6.45, 7) is 3.13. The second kappa shape index (κ2) is 7.74. The van der Waals surface area contributed by atoms with Crippen molar-refractivity contribution in [1.82, 2.24) is 4.98 Å². The number of oxazole rings is 1. The van der Waals surface area contributed by atoms with Crippen LogP contribution in [0.4, 0.5) is 18.9 Å². The highest BCUT2D eigenvalue weighted by atomic mass is 35.5. The fraction of sp³-hybridized carbons (Fsp3) is 0.130. The second-order valence-corrected chi connectivity index (χ2v) is 7.58. The predicted molar refractivity (Wildman–Crippen MR) is 113 cm³/mol. The van der Waals surface area contributed by atoms with E-state index in [1.54, 1.807) is 43.3 Å². The highest BCUT2D eigenvalue weighted by Gasteiger charge is 2.33. The fourth-order valence-electron chi connectivity index (χ4n) is 3.22. The maximum atomic E-state index is 13.1. The van der Waals surface area contributed by atoms with E-state index in [-0.39, 0.29) is 11.1 Å². The smallest absolute Gasteiger partial charge is 0.416 e. The first-order valence-corrected chi connectivity index (χ1v) is 9.66. The van der Waals surface area contributed by atoms with Gasteiger partial charge in [0.1, 0.15) is 5.52 Å². The van der Waals surface area contributed by atoms with E-state index in [0.717, 1.165) is 6.07 Å². The molecule has 0 unspecified atom stereocenters. The number of anilines is 1. The quantitative estimate of drug-likeness (QED) is 0.369. The first-order chi connectivity index (χ1) is 14.6. The molecule has 1 N–H and O–H groups in total. The van der Waals surface area contributed by atoms with E-state index in [2.05, 4.69) is 10.3 Å². The van der Waals surface area contributed by atoms with Crippen LogP contribution in [0.3, 0.4) is 0 Å². The van der Waals surface area contributed by atoms with Crippen LogP contribution in [0.25, 0.3) is 22.6 Å². The number of aryl methyl sites for hydroxylation is 2. The Bertz CT molecular complexity index is 1310. The van der Waals surface area contributed by atoms with Gasteiger partial charge in [0.25, 0.3) is 5.91 Å². The Hall–Kier alpha value is -3.32. The molecule has 0 bridgehead atoms. The standard InChI is InChI=1S/C23H16ClF3N2O2/c1-12-3-4-14(10-17(12)23(25,26)27)21(30)28-18-7-5-15(9-13(18)2)22-29-19-11-16(24)6-8-20(19)31-22/h3-11H,1-2H3,(H,28,30). The Morgan fingerprint density at radius 1 is 1.00 bits per heavy atom. The van der Waals surface area contributed by atoms with Gasteiger partial charge >= 0.3 is 6.18 Å². The summed E-state index contributed by atoms with van der Waals surface area (Å²) in [5.41, 5.74) is 2.24. The molecule has 0 saturated carbocycles. The number of rotatable bonds is 3. The van der Waals surface area contributed by atoms with Crippen LogP contribution in [0, 0.1) is 13.8 Å². The van der Waals surface area contributed by atoms with Crippen molar-refractivity contribution in [2.24, 2.45) is 0 Å². The van der Waals surface area contributed by atoms with Crippen molar-refractivity contribution in [1.29, 1.82) is 0 Å². The molecular formula is C23H16ClF3N2O2. The Balaban J connectivity index is 1.59. The number of halogens is 4. The zero-order valence-corrected chi connectivity index (χ0v) is 17.2. The minimum absolute atomic E-state index is 0.0594. The van der Waals surface area contributed by atoms with Crippen LogP contribution >= 0.6 is 11.6 Å². The Kier molecular flexibility index (Phi) is 5.23. The first-order valence-electron chi connectivity index (χ1n) is 9.28. The van der Waals surface area contributed by atoms with Gasteiger partial charge in [-0.1, -0.05) is 17.7 Å². The Morgan fingerprint density at radius 2 is 1.77 bits per heavy atom. The number of carbonyl (C=O) groups is 1. The van der Waals surface area contributed by atoms with Gasteiger partial charge in [-0.2, -0.15) is 13.2 Å². The van der Waals surface area contributed by atoms with E-state index in [4.69, 9.17) is 16.0 Å². The van der Waals surface area contributed by atoms with Crippen LogP contribution in [-0.2, 0) is 6.18 Å². The van der Waals surface area contributed by atoms with Crippen molar-refractivity contribution in [3.63, 3.8) is 0 Å². The molecule has 4 rings (SSSR count). The molecule has 1 amide bonds. The molecule has 0 aliphatic heterocycles. The van der Waals surface area contributed by atoms with Gasteiger partial charge < -0.3 is 9.73 Å². The van der Waals surface area contributed by atoms with Crippen LogP contribution in [0.1, 0.15) is 27.0 Å². The van der Waals surface area contributed by atoms with Crippen molar-refractivity contribution < 1.29 is 22.4 Å². The molecular weight excluding hydrogens is 429 g/mol. The van der Waals surface area contributed by atoms with Crippen LogP contribution in [0.5, 0.6) is 0 Å². The summed E-state index contributed by atoms with van der Waals surface area (Å²) in [6, 6.07) is 13.8. The molecule has 158 valence electrons. The van der Waals surface area contributed by atoms with Gasteiger partial charge in [-0.3, -0.25) is 4.79 Å². The highest BCUT2D eigenvalue weighted by Crippen LogP contribution is 2.33. The van der Waals surface area contributed by atoms with Gasteiger partial charge in [0.05, 0.1) is 5.56 Å². The summed E-state index contributed by atoms with van der Waals surface area (Å²) in [5.74, 6) is -0.232. The molecule has 0 spiro atoms. The third-order valence-corrected chi connectivity index (χ3v) is 5.11. The van der Waals surface area contributed by atoms with Crippen molar-refractivity contribution in [3.05, 3.63) is 81.9 Å². The summed E-state index contributed by atoms with van der Waals surface area (Å²) >= 11 is 5.98. The van der Waals surface area contributed by atoms with Gasteiger partial charge in [-0.15, -0.1) is 0 Å². The molecule has 1 aromatic heterocycles. The van der Waals surface area contributed by atoms with Crippen LogP contribution in [0.15, 0.2) is 59.0 Å². The highest BCUT2D eigenvalue weighted by molar-refractivity contribution is 6.31. The largest absolute Gasteiger partial charge is 0.436 e. The van der Waals surface area contributed by atoms with E-state index in [9.17, 15) is 18.0 Å². The molecule has 8 heteroatoms. The number of amides is 1. The lowest BCUT2D eigenvalue weighted by atomic mass is 10.0. The molecule has 3 aromatic carbocycles. The summed E-state index contributed by atoms with van der Waals surface area (Å²) in [5, 5.41) is 3.21. The molecule has 0 fully saturated rings. The average molecular weight is 445 g/mol. The molecule has 0 aliphatic carbocycles. The lowest BCUT2D eigenvalue weighted by Gasteiger charge is -2.13. The topological polar surface area (TPSA) is 55.1 Å². The third-order valence-electron chi connectivity index (χ3n) is 4.88. The normalized spacial score (nSPS) is 11.7. The molecule has 31 heavy (non-hydrogen) atoms. The predicted octanol–water partition coefficient (Wildman–Crippen LogP) is 7.04. The Morgan fingerprint density at radius 3 is 2.48 bits per heavy atom. The Labute approximate surface area is 180 Å². The summed E-state index contributed by atoms with van der Waals surface area (Å²) in [7, 11) is 0. The average Bonchev–Trinajstić information content (AvgIpc) is 3.12. The van der Waals surface area contributed by atoms with Crippen molar-refractivity contribution in [2.45, 2.75) is 20.0 Å². The first kappa shape index (κ1) is 20.9.